The maximum atomic E-state index is 12.4. The molecule has 0 spiro atoms. The summed E-state index contributed by atoms with van der Waals surface area (Å²) in [5, 5.41) is 0.610. The normalized spacial score (nSPS) is 11.5. The molecule has 7 heteroatoms. The van der Waals surface area contributed by atoms with Crippen molar-refractivity contribution in [2.24, 2.45) is 0 Å². The highest BCUT2D eigenvalue weighted by Crippen LogP contribution is 2.32. The van der Waals surface area contributed by atoms with E-state index in [4.69, 9.17) is 27.9 Å². The van der Waals surface area contributed by atoms with E-state index >= 15 is 0 Å². The number of ether oxygens (including phenoxy) is 1. The first-order valence-corrected chi connectivity index (χ1v) is 6.58. The number of halogens is 3. The van der Waals surface area contributed by atoms with E-state index in [0.29, 0.717) is 16.3 Å². The molecule has 0 unspecified atom stereocenters. The minimum atomic E-state index is -4.51. The molecule has 0 saturated heterocycles. The predicted octanol–water partition coefficient (Wildman–Crippen LogP) is 2.84. The molecular formula is C9H9Cl2FO3S. The van der Waals surface area contributed by atoms with Gasteiger partial charge in [0.05, 0.1) is 17.9 Å². The number of methoxy groups -OCH3 is 1. The van der Waals surface area contributed by atoms with Crippen molar-refractivity contribution in [3.05, 3.63) is 27.7 Å². The third-order valence-electron chi connectivity index (χ3n) is 1.90. The van der Waals surface area contributed by atoms with Crippen molar-refractivity contribution in [3.8, 4) is 5.75 Å². The summed E-state index contributed by atoms with van der Waals surface area (Å²) in [6.45, 7) is 0. The van der Waals surface area contributed by atoms with E-state index in [9.17, 15) is 12.3 Å². The number of aryl methyl sites for hydroxylation is 1. The third-order valence-corrected chi connectivity index (χ3v) is 3.10. The van der Waals surface area contributed by atoms with E-state index in [2.05, 4.69) is 0 Å². The van der Waals surface area contributed by atoms with Crippen molar-refractivity contribution < 1.29 is 17.0 Å². The first-order valence-electron chi connectivity index (χ1n) is 4.27. The molecule has 0 radical (unpaired) electrons. The van der Waals surface area contributed by atoms with Crippen LogP contribution >= 0.6 is 23.2 Å². The zero-order valence-electron chi connectivity index (χ0n) is 8.34. The number of hydrogen-bond acceptors (Lipinski definition) is 3. The van der Waals surface area contributed by atoms with Crippen LogP contribution in [0.1, 0.15) is 5.56 Å². The Hall–Kier alpha value is -0.520. The molecule has 90 valence electrons. The van der Waals surface area contributed by atoms with Crippen molar-refractivity contribution in [2.75, 3.05) is 12.9 Å². The fourth-order valence-electron chi connectivity index (χ4n) is 1.26. The molecule has 0 amide bonds. The lowest BCUT2D eigenvalue weighted by atomic mass is 10.1. The zero-order valence-corrected chi connectivity index (χ0v) is 10.7. The first kappa shape index (κ1) is 13.5. The molecule has 0 aliphatic heterocycles. The summed E-state index contributed by atoms with van der Waals surface area (Å²) < 4.78 is 38.2. The summed E-state index contributed by atoms with van der Waals surface area (Å²) in [6.07, 6.45) is -0.0394. The molecule has 0 aliphatic rings. The van der Waals surface area contributed by atoms with Crippen molar-refractivity contribution in [1.82, 2.24) is 0 Å². The van der Waals surface area contributed by atoms with Gasteiger partial charge in [-0.05, 0) is 24.1 Å². The molecule has 0 fully saturated rings. The van der Waals surface area contributed by atoms with Crippen LogP contribution in [0.5, 0.6) is 5.75 Å². The highest BCUT2D eigenvalue weighted by molar-refractivity contribution is 7.86. The minimum Gasteiger partial charge on any atom is -0.495 e. The minimum absolute atomic E-state index is 0.0394. The Balaban J connectivity index is 3.03. The van der Waals surface area contributed by atoms with Crippen LogP contribution in [0.3, 0.4) is 0 Å². The average molecular weight is 287 g/mol. The summed E-state index contributed by atoms with van der Waals surface area (Å²) >= 11 is 11.6. The lowest BCUT2D eigenvalue weighted by molar-refractivity contribution is 0.410. The summed E-state index contributed by atoms with van der Waals surface area (Å²) in [4.78, 5) is 0. The Kier molecular flexibility index (Phi) is 4.41. The number of hydrogen-bond donors (Lipinski definition) is 0. The molecule has 1 rings (SSSR count). The Morgan fingerprint density at radius 1 is 1.38 bits per heavy atom. The summed E-state index contributed by atoms with van der Waals surface area (Å²) in [5.41, 5.74) is 0.459. The van der Waals surface area contributed by atoms with Gasteiger partial charge in [-0.1, -0.05) is 23.2 Å². The van der Waals surface area contributed by atoms with Gasteiger partial charge < -0.3 is 4.74 Å². The topological polar surface area (TPSA) is 43.4 Å². The van der Waals surface area contributed by atoms with Gasteiger partial charge in [-0.25, -0.2) is 0 Å². The summed E-state index contributed by atoms with van der Waals surface area (Å²) in [7, 11) is -3.12. The van der Waals surface area contributed by atoms with E-state index in [1.54, 1.807) is 0 Å². The Morgan fingerprint density at radius 2 is 2.00 bits per heavy atom. The van der Waals surface area contributed by atoms with Crippen LogP contribution in [0.2, 0.25) is 10.0 Å². The second kappa shape index (κ2) is 5.21. The maximum Gasteiger partial charge on any atom is 0.302 e. The summed E-state index contributed by atoms with van der Waals surface area (Å²) in [6, 6.07) is 2.97. The van der Waals surface area contributed by atoms with E-state index in [1.165, 1.54) is 19.2 Å². The second-order valence-corrected chi connectivity index (χ2v) is 5.40. The Labute approximate surface area is 103 Å². The molecule has 1 aromatic carbocycles. The first-order chi connectivity index (χ1) is 7.33. The molecule has 0 heterocycles. The molecular weight excluding hydrogens is 278 g/mol. The van der Waals surface area contributed by atoms with Crippen molar-refractivity contribution >= 4 is 33.4 Å². The van der Waals surface area contributed by atoms with Crippen molar-refractivity contribution in [2.45, 2.75) is 6.42 Å². The van der Waals surface area contributed by atoms with Gasteiger partial charge in [0.25, 0.3) is 0 Å². The van der Waals surface area contributed by atoms with Gasteiger partial charge in [0.2, 0.25) is 0 Å². The number of benzene rings is 1. The second-order valence-electron chi connectivity index (χ2n) is 3.07. The van der Waals surface area contributed by atoms with E-state index < -0.39 is 16.0 Å². The molecule has 0 bridgehead atoms. The molecule has 0 atom stereocenters. The standard InChI is InChI=1S/C9H9Cl2FO3S/c1-15-9-6(2-3-16(12,13)14)4-7(10)5-8(9)11/h4-5H,2-3H2,1H3. The maximum absolute atomic E-state index is 12.4. The van der Waals surface area contributed by atoms with E-state index in [0.717, 1.165) is 0 Å². The monoisotopic (exact) mass is 286 g/mol. The molecule has 0 aliphatic carbocycles. The van der Waals surface area contributed by atoms with Crippen LogP contribution in [0.25, 0.3) is 0 Å². The SMILES string of the molecule is COc1c(Cl)cc(Cl)cc1CCS(=O)(=O)F. The largest absolute Gasteiger partial charge is 0.495 e. The van der Waals surface area contributed by atoms with Gasteiger partial charge in [-0.3, -0.25) is 0 Å². The van der Waals surface area contributed by atoms with Gasteiger partial charge in [0, 0.05) is 5.02 Å². The molecule has 0 aromatic heterocycles. The van der Waals surface area contributed by atoms with Gasteiger partial charge in [-0.2, -0.15) is 8.42 Å². The van der Waals surface area contributed by atoms with Crippen molar-refractivity contribution in [3.63, 3.8) is 0 Å². The van der Waals surface area contributed by atoms with Crippen LogP contribution in [-0.2, 0) is 16.6 Å². The Morgan fingerprint density at radius 3 is 2.50 bits per heavy atom. The molecule has 0 saturated carbocycles. The molecule has 1 aromatic rings. The van der Waals surface area contributed by atoms with E-state index in [-0.39, 0.29) is 11.4 Å². The van der Waals surface area contributed by atoms with Gasteiger partial charge in [-0.15, -0.1) is 3.89 Å². The van der Waals surface area contributed by atoms with Crippen molar-refractivity contribution in [1.29, 1.82) is 0 Å². The summed E-state index contributed by atoms with van der Waals surface area (Å²) in [5.74, 6) is -0.310. The average Bonchev–Trinajstić information content (AvgIpc) is 2.12. The highest BCUT2D eigenvalue weighted by atomic mass is 35.5. The van der Waals surface area contributed by atoms with Crippen LogP contribution < -0.4 is 4.74 Å². The highest BCUT2D eigenvalue weighted by Gasteiger charge is 2.13. The van der Waals surface area contributed by atoms with Gasteiger partial charge >= 0.3 is 10.2 Å². The lowest BCUT2D eigenvalue weighted by Crippen LogP contribution is -2.04. The van der Waals surface area contributed by atoms with Crippen LogP contribution in [0.15, 0.2) is 12.1 Å². The quantitative estimate of drug-likeness (QED) is 0.800. The fourth-order valence-corrected chi connectivity index (χ4v) is 2.34. The van der Waals surface area contributed by atoms with E-state index in [1.807, 2.05) is 0 Å². The third kappa shape index (κ3) is 3.81. The number of rotatable bonds is 4. The van der Waals surface area contributed by atoms with Gasteiger partial charge in [0.15, 0.2) is 0 Å². The fraction of sp³-hybridized carbons (Fsp3) is 0.333. The van der Waals surface area contributed by atoms with Crippen LogP contribution in [0.4, 0.5) is 3.89 Å². The van der Waals surface area contributed by atoms with Crippen LogP contribution in [-0.4, -0.2) is 21.3 Å². The van der Waals surface area contributed by atoms with Gasteiger partial charge in [0.1, 0.15) is 5.75 Å². The Bertz CT molecular complexity index is 488. The smallest absolute Gasteiger partial charge is 0.302 e. The zero-order chi connectivity index (χ0) is 12.3. The predicted molar refractivity (Wildman–Crippen MR) is 61.6 cm³/mol. The molecule has 3 nitrogen and oxygen atoms in total. The molecule has 16 heavy (non-hydrogen) atoms. The molecule has 0 N–H and O–H groups in total. The lowest BCUT2D eigenvalue weighted by Gasteiger charge is -2.09. The van der Waals surface area contributed by atoms with Crippen LogP contribution in [0, 0.1) is 0 Å².